The van der Waals surface area contributed by atoms with Crippen molar-refractivity contribution in [1.29, 1.82) is 0 Å². The second kappa shape index (κ2) is 3.29. The summed E-state index contributed by atoms with van der Waals surface area (Å²) in [6.07, 6.45) is 8.99. The van der Waals surface area contributed by atoms with Crippen molar-refractivity contribution in [3.8, 4) is 0 Å². The van der Waals surface area contributed by atoms with Gasteiger partial charge in [-0.1, -0.05) is 40.0 Å². The topological polar surface area (TPSA) is 0 Å². The van der Waals surface area contributed by atoms with Crippen LogP contribution in [0.5, 0.6) is 0 Å². The Morgan fingerprint density at radius 2 is 1.92 bits per heavy atom. The minimum atomic E-state index is 0.916. The van der Waals surface area contributed by atoms with E-state index in [1.54, 1.807) is 12.8 Å². The van der Waals surface area contributed by atoms with Crippen LogP contribution < -0.4 is 0 Å². The average Bonchev–Trinajstić information content (AvgIpc) is 2.96. The summed E-state index contributed by atoms with van der Waals surface area (Å²) in [5, 5.41) is 0. The van der Waals surface area contributed by atoms with Gasteiger partial charge in [0.25, 0.3) is 0 Å². The molecule has 13 heavy (non-hydrogen) atoms. The Kier molecular flexibility index (Phi) is 2.42. The van der Waals surface area contributed by atoms with E-state index in [-0.39, 0.29) is 0 Å². The number of rotatable bonds is 5. The van der Waals surface area contributed by atoms with E-state index in [4.69, 9.17) is 0 Å². The Hall–Kier alpha value is 0. The van der Waals surface area contributed by atoms with Gasteiger partial charge in [0.15, 0.2) is 0 Å². The first-order chi connectivity index (χ1) is 6.23. The number of hydrogen-bond acceptors (Lipinski definition) is 0. The van der Waals surface area contributed by atoms with Gasteiger partial charge in [-0.25, -0.2) is 0 Å². The minimum absolute atomic E-state index is 0.916. The molecule has 2 fully saturated rings. The van der Waals surface area contributed by atoms with Gasteiger partial charge in [-0.15, -0.1) is 0 Å². The highest BCUT2D eigenvalue weighted by Crippen LogP contribution is 2.77. The smallest absolute Gasteiger partial charge is 0.0235 e. The molecule has 4 unspecified atom stereocenters. The molecule has 2 aliphatic carbocycles. The molecule has 0 radical (unpaired) electrons. The molecule has 0 aromatic heterocycles. The molecule has 1 spiro atoms. The van der Waals surface area contributed by atoms with Crippen molar-refractivity contribution < 1.29 is 0 Å². The lowest BCUT2D eigenvalue weighted by atomic mass is 9.99. The predicted octanol–water partition coefficient (Wildman–Crippen LogP) is 4.25. The summed E-state index contributed by atoms with van der Waals surface area (Å²) in [6.45, 7) is 7.08. The lowest BCUT2D eigenvalue weighted by Gasteiger charge is -2.06. The van der Waals surface area contributed by atoms with Crippen LogP contribution in [-0.4, -0.2) is 0 Å². The molecule has 0 N–H and O–H groups in total. The normalized spacial score (nSPS) is 43.6. The van der Waals surface area contributed by atoms with Crippen LogP contribution in [0.25, 0.3) is 0 Å². The van der Waals surface area contributed by atoms with Crippen LogP contribution in [0.15, 0.2) is 0 Å². The van der Waals surface area contributed by atoms with Crippen LogP contribution in [0.2, 0.25) is 0 Å². The Balaban J connectivity index is 1.71. The maximum Gasteiger partial charge on any atom is -0.0235 e. The predicted molar refractivity (Wildman–Crippen MR) is 57.6 cm³/mol. The van der Waals surface area contributed by atoms with Crippen LogP contribution in [0.4, 0.5) is 0 Å². The highest BCUT2D eigenvalue weighted by molar-refractivity contribution is 5.17. The van der Waals surface area contributed by atoms with E-state index in [0.717, 1.165) is 23.2 Å². The largest absolute Gasteiger partial charge is 0.0654 e. The minimum Gasteiger partial charge on any atom is -0.0654 e. The summed E-state index contributed by atoms with van der Waals surface area (Å²) in [7, 11) is 0. The maximum atomic E-state index is 2.42. The molecule has 0 heterocycles. The third-order valence-electron chi connectivity index (χ3n) is 4.58. The van der Waals surface area contributed by atoms with E-state index in [1.165, 1.54) is 25.7 Å². The third-order valence-corrected chi connectivity index (χ3v) is 4.58. The van der Waals surface area contributed by atoms with Crippen molar-refractivity contribution in [2.45, 2.75) is 59.3 Å². The number of hydrogen-bond donors (Lipinski definition) is 0. The molecular formula is C13H24. The van der Waals surface area contributed by atoms with Crippen molar-refractivity contribution in [3.63, 3.8) is 0 Å². The van der Waals surface area contributed by atoms with Crippen LogP contribution >= 0.6 is 0 Å². The monoisotopic (exact) mass is 180 g/mol. The molecule has 4 atom stereocenters. The third kappa shape index (κ3) is 1.65. The van der Waals surface area contributed by atoms with E-state index in [9.17, 15) is 0 Å². The molecule has 2 rings (SSSR count). The van der Waals surface area contributed by atoms with Gasteiger partial charge in [0.05, 0.1) is 0 Å². The van der Waals surface area contributed by atoms with Gasteiger partial charge >= 0.3 is 0 Å². The average molecular weight is 180 g/mol. The van der Waals surface area contributed by atoms with Crippen molar-refractivity contribution in [2.75, 3.05) is 0 Å². The lowest BCUT2D eigenvalue weighted by molar-refractivity contribution is 0.448. The van der Waals surface area contributed by atoms with Gasteiger partial charge in [-0.3, -0.25) is 0 Å². The SMILES string of the molecule is CCCC1CC12CC2CC(C)CC. The fraction of sp³-hybridized carbons (Fsp3) is 1.00. The van der Waals surface area contributed by atoms with E-state index < -0.39 is 0 Å². The zero-order valence-electron chi connectivity index (χ0n) is 9.47. The van der Waals surface area contributed by atoms with Gasteiger partial charge in [-0.2, -0.15) is 0 Å². The molecule has 2 saturated carbocycles. The van der Waals surface area contributed by atoms with Crippen LogP contribution in [0.3, 0.4) is 0 Å². The maximum absolute atomic E-state index is 2.42. The molecule has 0 aromatic carbocycles. The second-order valence-corrected chi connectivity index (χ2v) is 5.57. The quantitative estimate of drug-likeness (QED) is 0.593. The second-order valence-electron chi connectivity index (χ2n) is 5.57. The Morgan fingerprint density at radius 1 is 1.23 bits per heavy atom. The molecule has 76 valence electrons. The Labute approximate surface area is 83.1 Å². The van der Waals surface area contributed by atoms with Crippen molar-refractivity contribution in [2.24, 2.45) is 23.2 Å². The summed E-state index contributed by atoms with van der Waals surface area (Å²) in [5.74, 6) is 3.26. The summed E-state index contributed by atoms with van der Waals surface area (Å²) in [5.41, 5.74) is 0.916. The zero-order valence-corrected chi connectivity index (χ0v) is 9.47. The summed E-state index contributed by atoms with van der Waals surface area (Å²) in [6, 6.07) is 0. The molecule has 0 saturated heterocycles. The van der Waals surface area contributed by atoms with Gasteiger partial charge in [-0.05, 0) is 42.4 Å². The van der Waals surface area contributed by atoms with E-state index in [2.05, 4.69) is 20.8 Å². The molecule has 0 nitrogen and oxygen atoms in total. The van der Waals surface area contributed by atoms with Crippen molar-refractivity contribution >= 4 is 0 Å². The molecular weight excluding hydrogens is 156 g/mol. The van der Waals surface area contributed by atoms with Crippen LogP contribution in [0, 0.1) is 23.2 Å². The highest BCUT2D eigenvalue weighted by Gasteiger charge is 2.68. The molecule has 0 bridgehead atoms. The summed E-state index contributed by atoms with van der Waals surface area (Å²) < 4.78 is 0. The molecule has 2 aliphatic rings. The first-order valence-corrected chi connectivity index (χ1v) is 6.23. The summed E-state index contributed by atoms with van der Waals surface area (Å²) >= 11 is 0. The lowest BCUT2D eigenvalue weighted by Crippen LogP contribution is -1.95. The van der Waals surface area contributed by atoms with Crippen LogP contribution in [0.1, 0.15) is 59.3 Å². The standard InChI is InChI=1S/C13H24/c1-4-6-11-8-13(11)9-12(13)7-10(3)5-2/h10-12H,4-9H2,1-3H3. The molecule has 0 aliphatic heterocycles. The zero-order chi connectivity index (χ0) is 9.47. The van der Waals surface area contributed by atoms with E-state index in [1.807, 2.05) is 0 Å². The Morgan fingerprint density at radius 3 is 2.54 bits per heavy atom. The van der Waals surface area contributed by atoms with E-state index >= 15 is 0 Å². The van der Waals surface area contributed by atoms with Gasteiger partial charge in [0.1, 0.15) is 0 Å². The summed E-state index contributed by atoms with van der Waals surface area (Å²) in [4.78, 5) is 0. The Bertz CT molecular complexity index is 184. The first-order valence-electron chi connectivity index (χ1n) is 6.23. The van der Waals surface area contributed by atoms with Crippen LogP contribution in [-0.2, 0) is 0 Å². The highest BCUT2D eigenvalue weighted by atomic mass is 14.7. The van der Waals surface area contributed by atoms with Crippen molar-refractivity contribution in [3.05, 3.63) is 0 Å². The molecule has 0 aromatic rings. The fourth-order valence-electron chi connectivity index (χ4n) is 3.26. The van der Waals surface area contributed by atoms with Gasteiger partial charge in [0, 0.05) is 0 Å². The van der Waals surface area contributed by atoms with E-state index in [0.29, 0.717) is 0 Å². The molecule has 0 heteroatoms. The van der Waals surface area contributed by atoms with Gasteiger partial charge in [0.2, 0.25) is 0 Å². The molecule has 0 amide bonds. The fourth-order valence-corrected chi connectivity index (χ4v) is 3.26. The van der Waals surface area contributed by atoms with Gasteiger partial charge < -0.3 is 0 Å². The first kappa shape index (κ1) is 9.55. The van der Waals surface area contributed by atoms with Crippen molar-refractivity contribution in [1.82, 2.24) is 0 Å².